The van der Waals surface area contributed by atoms with Gasteiger partial charge in [0.05, 0.1) is 13.1 Å². The van der Waals surface area contributed by atoms with Crippen molar-refractivity contribution < 1.29 is 14.4 Å². The molecule has 26 heavy (non-hydrogen) atoms. The SMILES string of the molecule is C#C/C(=C\C=C/C)CN1C(=O)CNC(=O)C1CSC(=O)c1ccccc1. The maximum absolute atomic E-state index is 12.3. The number of hydrogen-bond acceptors (Lipinski definition) is 4. The molecule has 6 heteroatoms. The fraction of sp³-hybridized carbons (Fsp3) is 0.250. The third-order valence-electron chi connectivity index (χ3n) is 3.81. The highest BCUT2D eigenvalue weighted by molar-refractivity contribution is 8.14. The quantitative estimate of drug-likeness (QED) is 0.616. The second-order valence-electron chi connectivity index (χ2n) is 5.58. The van der Waals surface area contributed by atoms with Gasteiger partial charge in [0.1, 0.15) is 6.04 Å². The Morgan fingerprint density at radius 1 is 1.38 bits per heavy atom. The van der Waals surface area contributed by atoms with Gasteiger partial charge in [-0.15, -0.1) is 6.42 Å². The van der Waals surface area contributed by atoms with E-state index in [0.29, 0.717) is 11.1 Å². The number of nitrogens with zero attached hydrogens (tertiary/aromatic N) is 1. The molecular formula is C20H20N2O3S. The van der Waals surface area contributed by atoms with Crippen LogP contribution in [0, 0.1) is 12.3 Å². The molecule has 0 radical (unpaired) electrons. The van der Waals surface area contributed by atoms with Crippen molar-refractivity contribution in [3.05, 3.63) is 59.7 Å². The van der Waals surface area contributed by atoms with E-state index in [-0.39, 0.29) is 35.8 Å². The molecule has 1 fully saturated rings. The Labute approximate surface area is 157 Å². The van der Waals surface area contributed by atoms with Gasteiger partial charge in [-0.1, -0.05) is 60.2 Å². The van der Waals surface area contributed by atoms with Gasteiger partial charge in [-0.3, -0.25) is 14.4 Å². The molecule has 1 unspecified atom stereocenters. The van der Waals surface area contributed by atoms with Crippen LogP contribution >= 0.6 is 11.8 Å². The van der Waals surface area contributed by atoms with E-state index in [1.165, 1.54) is 4.90 Å². The number of benzene rings is 1. The molecule has 1 saturated heterocycles. The average Bonchev–Trinajstić information content (AvgIpc) is 2.67. The Morgan fingerprint density at radius 2 is 2.12 bits per heavy atom. The lowest BCUT2D eigenvalue weighted by molar-refractivity contribution is -0.144. The van der Waals surface area contributed by atoms with E-state index in [2.05, 4.69) is 11.2 Å². The Bertz CT molecular complexity index is 778. The van der Waals surface area contributed by atoms with Gasteiger partial charge < -0.3 is 10.2 Å². The minimum Gasteiger partial charge on any atom is -0.345 e. The van der Waals surface area contributed by atoms with Crippen molar-refractivity contribution in [1.82, 2.24) is 10.2 Å². The Kier molecular flexibility index (Phi) is 7.24. The summed E-state index contributed by atoms with van der Waals surface area (Å²) in [7, 11) is 0. The fourth-order valence-electron chi connectivity index (χ4n) is 2.42. The van der Waals surface area contributed by atoms with Crippen LogP contribution in [0.4, 0.5) is 0 Å². The number of thioether (sulfide) groups is 1. The number of allylic oxidation sites excluding steroid dienone is 3. The summed E-state index contributed by atoms with van der Waals surface area (Å²) in [6, 6.07) is 8.08. The molecule has 0 saturated carbocycles. The summed E-state index contributed by atoms with van der Waals surface area (Å²) >= 11 is 1.02. The number of nitrogens with one attached hydrogen (secondary N) is 1. The van der Waals surface area contributed by atoms with Gasteiger partial charge in [-0.25, -0.2) is 0 Å². The van der Waals surface area contributed by atoms with E-state index < -0.39 is 6.04 Å². The largest absolute Gasteiger partial charge is 0.345 e. The topological polar surface area (TPSA) is 66.5 Å². The average molecular weight is 368 g/mol. The van der Waals surface area contributed by atoms with Crippen molar-refractivity contribution in [2.45, 2.75) is 13.0 Å². The Hall–Kier alpha value is -2.78. The number of hydrogen-bond donors (Lipinski definition) is 1. The van der Waals surface area contributed by atoms with E-state index in [9.17, 15) is 14.4 Å². The molecule has 1 aliphatic rings. The number of piperazine rings is 1. The van der Waals surface area contributed by atoms with Crippen molar-refractivity contribution in [2.75, 3.05) is 18.8 Å². The molecule has 0 aromatic heterocycles. The molecule has 1 aromatic rings. The van der Waals surface area contributed by atoms with Crippen molar-refractivity contribution in [1.29, 1.82) is 0 Å². The summed E-state index contributed by atoms with van der Waals surface area (Å²) < 4.78 is 0. The van der Waals surface area contributed by atoms with Crippen LogP contribution < -0.4 is 5.32 Å². The molecule has 0 aliphatic carbocycles. The lowest BCUT2D eigenvalue weighted by atomic mass is 10.1. The standard InChI is InChI=1S/C20H20N2O3S/c1-3-5-9-15(4-2)13-22-17(19(24)21-12-18(22)23)14-26-20(25)16-10-7-6-8-11-16/h2-3,5-11,17H,12-14H2,1H3,(H,21,24)/b5-3-,15-9+. The molecule has 1 aliphatic heterocycles. The lowest BCUT2D eigenvalue weighted by Gasteiger charge is -2.34. The second-order valence-corrected chi connectivity index (χ2v) is 6.57. The van der Waals surface area contributed by atoms with Crippen LogP contribution in [0.1, 0.15) is 17.3 Å². The van der Waals surface area contributed by atoms with Crippen molar-refractivity contribution in [2.24, 2.45) is 0 Å². The van der Waals surface area contributed by atoms with Crippen LogP contribution in [0.15, 0.2) is 54.1 Å². The van der Waals surface area contributed by atoms with Gasteiger partial charge in [-0.2, -0.15) is 0 Å². The lowest BCUT2D eigenvalue weighted by Crippen LogP contribution is -2.59. The van der Waals surface area contributed by atoms with E-state index in [0.717, 1.165) is 11.8 Å². The molecule has 0 spiro atoms. The number of carbonyl (C=O) groups excluding carboxylic acids is 3. The van der Waals surface area contributed by atoms with Gasteiger partial charge >= 0.3 is 0 Å². The molecule has 1 atom stereocenters. The predicted octanol–water partition coefficient (Wildman–Crippen LogP) is 2.02. The summed E-state index contributed by atoms with van der Waals surface area (Å²) in [4.78, 5) is 38.3. The molecule has 2 rings (SSSR count). The fourth-order valence-corrected chi connectivity index (χ4v) is 3.36. The summed E-state index contributed by atoms with van der Waals surface area (Å²) in [6.07, 6.45) is 10.9. The third kappa shape index (κ3) is 5.11. The highest BCUT2D eigenvalue weighted by Gasteiger charge is 2.35. The maximum Gasteiger partial charge on any atom is 0.244 e. The first-order chi connectivity index (χ1) is 12.6. The minimum atomic E-state index is -0.740. The molecule has 1 aromatic carbocycles. The third-order valence-corrected chi connectivity index (χ3v) is 4.79. The van der Waals surface area contributed by atoms with Gasteiger partial charge in [-0.05, 0) is 13.0 Å². The van der Waals surface area contributed by atoms with Crippen molar-refractivity contribution >= 4 is 28.7 Å². The second kappa shape index (κ2) is 9.64. The molecule has 1 N–H and O–H groups in total. The number of carbonyl (C=O) groups is 3. The van der Waals surface area contributed by atoms with Gasteiger partial charge in [0.25, 0.3) is 0 Å². The van der Waals surface area contributed by atoms with E-state index in [1.807, 2.05) is 19.1 Å². The molecule has 0 bridgehead atoms. The maximum atomic E-state index is 12.3. The van der Waals surface area contributed by atoms with Gasteiger partial charge in [0.15, 0.2) is 0 Å². The smallest absolute Gasteiger partial charge is 0.244 e. The van der Waals surface area contributed by atoms with Crippen LogP contribution in [0.2, 0.25) is 0 Å². The van der Waals surface area contributed by atoms with Gasteiger partial charge in [0.2, 0.25) is 16.9 Å². The minimum absolute atomic E-state index is 0.0614. The van der Waals surface area contributed by atoms with Crippen LogP contribution in [0.5, 0.6) is 0 Å². The van der Waals surface area contributed by atoms with Crippen LogP contribution in [-0.2, 0) is 9.59 Å². The Balaban J connectivity index is 2.11. The monoisotopic (exact) mass is 368 g/mol. The highest BCUT2D eigenvalue weighted by Crippen LogP contribution is 2.18. The van der Waals surface area contributed by atoms with Crippen LogP contribution in [0.25, 0.3) is 0 Å². The first kappa shape index (κ1) is 19.5. The zero-order chi connectivity index (χ0) is 18.9. The van der Waals surface area contributed by atoms with Crippen LogP contribution in [-0.4, -0.2) is 46.7 Å². The molecule has 2 amide bonds. The first-order valence-electron chi connectivity index (χ1n) is 8.14. The zero-order valence-corrected chi connectivity index (χ0v) is 15.3. The first-order valence-corrected chi connectivity index (χ1v) is 9.13. The summed E-state index contributed by atoms with van der Waals surface area (Å²) in [6.45, 7) is 1.96. The molecule has 1 heterocycles. The Morgan fingerprint density at radius 3 is 2.77 bits per heavy atom. The number of terminal acetylenes is 1. The van der Waals surface area contributed by atoms with Crippen molar-refractivity contribution in [3.8, 4) is 12.3 Å². The normalized spacial score (nSPS) is 17.9. The van der Waals surface area contributed by atoms with E-state index in [4.69, 9.17) is 6.42 Å². The van der Waals surface area contributed by atoms with E-state index in [1.54, 1.807) is 36.4 Å². The summed E-state index contributed by atoms with van der Waals surface area (Å²) in [5.41, 5.74) is 1.15. The highest BCUT2D eigenvalue weighted by atomic mass is 32.2. The number of rotatable bonds is 6. The summed E-state index contributed by atoms with van der Waals surface area (Å²) in [5.74, 6) is 2.22. The zero-order valence-electron chi connectivity index (χ0n) is 14.5. The molecule has 5 nitrogen and oxygen atoms in total. The molecular weight excluding hydrogens is 348 g/mol. The van der Waals surface area contributed by atoms with Gasteiger partial charge in [0, 0.05) is 16.9 Å². The predicted molar refractivity (Wildman–Crippen MR) is 103 cm³/mol. The van der Waals surface area contributed by atoms with E-state index >= 15 is 0 Å². The summed E-state index contributed by atoms with van der Waals surface area (Å²) in [5, 5.41) is 2.43. The van der Waals surface area contributed by atoms with Crippen molar-refractivity contribution in [3.63, 3.8) is 0 Å². The number of amides is 2. The van der Waals surface area contributed by atoms with Crippen LogP contribution in [0.3, 0.4) is 0 Å². The molecule has 134 valence electrons.